The van der Waals surface area contributed by atoms with Gasteiger partial charge in [-0.15, -0.1) is 0 Å². The first-order chi connectivity index (χ1) is 11.7. The average Bonchev–Trinajstić information content (AvgIpc) is 3.26. The largest absolute Gasteiger partial charge is 0.338 e. The Kier molecular flexibility index (Phi) is 4.57. The molecule has 0 unspecified atom stereocenters. The van der Waals surface area contributed by atoms with Gasteiger partial charge in [-0.3, -0.25) is 9.78 Å². The van der Waals surface area contributed by atoms with Crippen molar-refractivity contribution < 1.29 is 4.79 Å². The zero-order chi connectivity index (χ0) is 16.4. The van der Waals surface area contributed by atoms with Crippen molar-refractivity contribution in [3.63, 3.8) is 0 Å². The van der Waals surface area contributed by atoms with Crippen LogP contribution in [0.15, 0.2) is 24.5 Å². The summed E-state index contributed by atoms with van der Waals surface area (Å²) in [6.07, 6.45) is 12.8. The lowest BCUT2D eigenvalue weighted by Gasteiger charge is -2.40. The van der Waals surface area contributed by atoms with Crippen LogP contribution in [0.25, 0.3) is 0 Å². The number of piperidine rings is 1. The lowest BCUT2D eigenvalue weighted by Crippen LogP contribution is -2.47. The predicted octanol–water partition coefficient (Wildman–Crippen LogP) is 3.20. The van der Waals surface area contributed by atoms with Crippen molar-refractivity contribution in [3.05, 3.63) is 30.1 Å². The minimum Gasteiger partial charge on any atom is -0.338 e. The Hall–Kier alpha value is -1.42. The van der Waals surface area contributed by atoms with Crippen molar-refractivity contribution >= 4 is 5.91 Å². The first-order valence-electron chi connectivity index (χ1n) is 9.66. The van der Waals surface area contributed by atoms with Crippen LogP contribution in [0, 0.1) is 11.3 Å². The van der Waals surface area contributed by atoms with Gasteiger partial charge in [0.25, 0.3) is 5.91 Å². The molecule has 4 nitrogen and oxygen atoms in total. The van der Waals surface area contributed by atoms with Crippen LogP contribution in [-0.4, -0.2) is 53.4 Å². The number of aromatic nitrogens is 1. The second kappa shape index (κ2) is 6.83. The molecule has 4 heteroatoms. The Balaban J connectivity index is 1.38. The Bertz CT molecular complexity index is 570. The highest BCUT2D eigenvalue weighted by Crippen LogP contribution is 2.40. The van der Waals surface area contributed by atoms with E-state index in [1.165, 1.54) is 58.2 Å². The molecule has 24 heavy (non-hydrogen) atoms. The summed E-state index contributed by atoms with van der Waals surface area (Å²) < 4.78 is 0. The fraction of sp³-hybridized carbons (Fsp3) is 0.700. The number of nitrogens with zero attached hydrogens (tertiary/aromatic N) is 3. The number of likely N-dealkylation sites (tertiary alicyclic amines) is 2. The maximum Gasteiger partial charge on any atom is 0.255 e. The van der Waals surface area contributed by atoms with Crippen molar-refractivity contribution in [1.29, 1.82) is 0 Å². The van der Waals surface area contributed by atoms with E-state index in [1.54, 1.807) is 12.4 Å². The molecule has 1 atom stereocenters. The Morgan fingerprint density at radius 1 is 1.17 bits per heavy atom. The Labute approximate surface area is 145 Å². The molecule has 1 amide bonds. The van der Waals surface area contributed by atoms with Crippen LogP contribution in [0.5, 0.6) is 0 Å². The first-order valence-corrected chi connectivity index (χ1v) is 9.66. The van der Waals surface area contributed by atoms with Crippen LogP contribution in [0.4, 0.5) is 0 Å². The molecule has 0 radical (unpaired) electrons. The maximum absolute atomic E-state index is 12.8. The van der Waals surface area contributed by atoms with Gasteiger partial charge in [0.2, 0.25) is 0 Å². The van der Waals surface area contributed by atoms with Gasteiger partial charge in [-0.05, 0) is 56.7 Å². The normalized spacial score (nSPS) is 28.8. The summed E-state index contributed by atoms with van der Waals surface area (Å²) in [4.78, 5) is 21.6. The van der Waals surface area contributed by atoms with Gasteiger partial charge in [0.15, 0.2) is 0 Å². The third-order valence-corrected chi connectivity index (χ3v) is 6.37. The summed E-state index contributed by atoms with van der Waals surface area (Å²) in [6.45, 7) is 5.55. The number of hydrogen-bond donors (Lipinski definition) is 0. The van der Waals surface area contributed by atoms with Crippen LogP contribution in [0.3, 0.4) is 0 Å². The Morgan fingerprint density at radius 3 is 2.83 bits per heavy atom. The number of rotatable bonds is 3. The zero-order valence-electron chi connectivity index (χ0n) is 14.6. The summed E-state index contributed by atoms with van der Waals surface area (Å²) in [7, 11) is 0. The van der Waals surface area contributed by atoms with Crippen LogP contribution < -0.4 is 0 Å². The molecule has 2 saturated heterocycles. The number of pyridine rings is 1. The van der Waals surface area contributed by atoms with Gasteiger partial charge >= 0.3 is 0 Å². The molecule has 3 fully saturated rings. The zero-order valence-corrected chi connectivity index (χ0v) is 14.6. The summed E-state index contributed by atoms with van der Waals surface area (Å²) in [5.41, 5.74) is 1.07. The molecule has 0 N–H and O–H groups in total. The fourth-order valence-electron chi connectivity index (χ4n) is 5.13. The van der Waals surface area contributed by atoms with E-state index in [0.717, 1.165) is 31.0 Å². The maximum atomic E-state index is 12.8. The van der Waals surface area contributed by atoms with Crippen LogP contribution >= 0.6 is 0 Å². The van der Waals surface area contributed by atoms with Gasteiger partial charge in [-0.1, -0.05) is 12.8 Å². The second-order valence-electron chi connectivity index (χ2n) is 8.21. The lowest BCUT2D eigenvalue weighted by atomic mass is 9.79. The topological polar surface area (TPSA) is 36.4 Å². The molecule has 3 heterocycles. The van der Waals surface area contributed by atoms with Gasteiger partial charge < -0.3 is 9.80 Å². The molecule has 1 aromatic heterocycles. The van der Waals surface area contributed by atoms with Crippen molar-refractivity contribution in [2.75, 3.05) is 32.7 Å². The molecular weight excluding hydrogens is 298 g/mol. The van der Waals surface area contributed by atoms with Crippen molar-refractivity contribution in [1.82, 2.24) is 14.8 Å². The van der Waals surface area contributed by atoms with E-state index >= 15 is 0 Å². The molecule has 0 aromatic carbocycles. The van der Waals surface area contributed by atoms with Crippen LogP contribution in [0.2, 0.25) is 0 Å². The second-order valence-corrected chi connectivity index (χ2v) is 8.21. The number of amides is 1. The lowest BCUT2D eigenvalue weighted by molar-refractivity contribution is 0.0524. The highest BCUT2D eigenvalue weighted by molar-refractivity contribution is 5.94. The molecule has 0 bridgehead atoms. The number of carbonyl (C=O) groups is 1. The minimum absolute atomic E-state index is 0.163. The van der Waals surface area contributed by atoms with Crippen LogP contribution in [-0.2, 0) is 0 Å². The highest BCUT2D eigenvalue weighted by atomic mass is 16.2. The van der Waals surface area contributed by atoms with E-state index in [9.17, 15) is 4.79 Å². The molecule has 1 saturated carbocycles. The van der Waals surface area contributed by atoms with Gasteiger partial charge in [0.05, 0.1) is 5.56 Å². The Morgan fingerprint density at radius 2 is 2.04 bits per heavy atom. The van der Waals surface area contributed by atoms with Crippen molar-refractivity contribution in [3.8, 4) is 0 Å². The third-order valence-electron chi connectivity index (χ3n) is 6.37. The molecular formula is C20H29N3O. The van der Waals surface area contributed by atoms with Gasteiger partial charge in [0, 0.05) is 44.0 Å². The van der Waals surface area contributed by atoms with Gasteiger partial charge in [0.1, 0.15) is 0 Å². The standard InChI is InChI=1S/C20H29N3O/c24-19(18-7-3-10-21-13-18)23-11-4-8-20(16-23)9-12-22(15-20)14-17-5-1-2-6-17/h3,7,10,13,17H,1-2,4-6,8-9,11-12,14-16H2/t20-/m1/s1. The van der Waals surface area contributed by atoms with E-state index in [0.29, 0.717) is 5.41 Å². The molecule has 1 aromatic rings. The third kappa shape index (κ3) is 3.34. The van der Waals surface area contributed by atoms with Gasteiger partial charge in [-0.25, -0.2) is 0 Å². The molecule has 3 aliphatic rings. The van der Waals surface area contributed by atoms with Crippen molar-refractivity contribution in [2.45, 2.75) is 44.9 Å². The van der Waals surface area contributed by atoms with E-state index in [2.05, 4.69) is 14.8 Å². The van der Waals surface area contributed by atoms with E-state index < -0.39 is 0 Å². The summed E-state index contributed by atoms with van der Waals surface area (Å²) in [6, 6.07) is 3.74. The molecule has 1 aliphatic carbocycles. The van der Waals surface area contributed by atoms with E-state index in [-0.39, 0.29) is 5.91 Å². The number of hydrogen-bond acceptors (Lipinski definition) is 3. The molecule has 4 rings (SSSR count). The van der Waals surface area contributed by atoms with Crippen molar-refractivity contribution in [2.24, 2.45) is 11.3 Å². The monoisotopic (exact) mass is 327 g/mol. The first kappa shape index (κ1) is 16.1. The quantitative estimate of drug-likeness (QED) is 0.855. The number of carbonyl (C=O) groups excluding carboxylic acids is 1. The summed E-state index contributed by atoms with van der Waals surface area (Å²) >= 11 is 0. The predicted molar refractivity (Wildman–Crippen MR) is 94.8 cm³/mol. The highest BCUT2D eigenvalue weighted by Gasteiger charge is 2.42. The van der Waals surface area contributed by atoms with E-state index in [4.69, 9.17) is 0 Å². The molecule has 1 spiro atoms. The van der Waals surface area contributed by atoms with Gasteiger partial charge in [-0.2, -0.15) is 0 Å². The SMILES string of the molecule is O=C(c1cccnc1)N1CCC[C@]2(CCN(CC3CCCC3)C2)C1. The summed E-state index contributed by atoms with van der Waals surface area (Å²) in [5.74, 6) is 1.09. The fourth-order valence-corrected chi connectivity index (χ4v) is 5.13. The molecule has 130 valence electrons. The van der Waals surface area contributed by atoms with Crippen LogP contribution in [0.1, 0.15) is 55.3 Å². The minimum atomic E-state index is 0.163. The van der Waals surface area contributed by atoms with E-state index in [1.807, 2.05) is 12.1 Å². The smallest absolute Gasteiger partial charge is 0.255 e. The molecule has 2 aliphatic heterocycles. The summed E-state index contributed by atoms with van der Waals surface area (Å²) in [5, 5.41) is 0. The average molecular weight is 327 g/mol.